The number of rotatable bonds is 6. The molecule has 1 rings (SSSR count). The van der Waals surface area contributed by atoms with Gasteiger partial charge in [-0.15, -0.1) is 0 Å². The second-order valence-electron chi connectivity index (χ2n) is 4.46. The molecule has 0 unspecified atom stereocenters. The summed E-state index contributed by atoms with van der Waals surface area (Å²) in [7, 11) is 0. The number of carbonyl (C=O) groups excluding carboxylic acids is 2. The molecule has 21 heavy (non-hydrogen) atoms. The van der Waals surface area contributed by atoms with Gasteiger partial charge in [0, 0.05) is 12.6 Å². The zero-order chi connectivity index (χ0) is 16.0. The molecule has 0 radical (unpaired) electrons. The Hall–Kier alpha value is -2.18. The lowest BCUT2D eigenvalue weighted by Gasteiger charge is -2.18. The van der Waals surface area contributed by atoms with Gasteiger partial charge in [-0.1, -0.05) is 0 Å². The summed E-state index contributed by atoms with van der Waals surface area (Å²) in [6.07, 6.45) is -0.952. The molecule has 0 spiro atoms. The van der Waals surface area contributed by atoms with E-state index in [0.29, 0.717) is 6.54 Å². The van der Waals surface area contributed by atoms with Crippen molar-refractivity contribution in [3.8, 4) is 5.75 Å². The van der Waals surface area contributed by atoms with Gasteiger partial charge in [-0.05, 0) is 32.9 Å². The summed E-state index contributed by atoms with van der Waals surface area (Å²) in [5.74, 6) is -2.87. The molecule has 0 aliphatic rings. The Morgan fingerprint density at radius 1 is 1.19 bits per heavy atom. The summed E-state index contributed by atoms with van der Waals surface area (Å²) in [6.45, 7) is 5.20. The third-order valence-corrected chi connectivity index (χ3v) is 2.68. The van der Waals surface area contributed by atoms with Crippen LogP contribution in [-0.4, -0.2) is 30.5 Å². The first-order valence-electron chi connectivity index (χ1n) is 6.55. The molecule has 0 bridgehead atoms. The molecule has 116 valence electrons. The highest BCUT2D eigenvalue weighted by Gasteiger charge is 2.20. The van der Waals surface area contributed by atoms with E-state index in [4.69, 9.17) is 4.74 Å². The number of halogens is 2. The van der Waals surface area contributed by atoms with Gasteiger partial charge >= 0.3 is 0 Å². The van der Waals surface area contributed by atoms with Crippen molar-refractivity contribution in [3.05, 3.63) is 29.8 Å². The number of hydrogen-bond donors (Lipinski definition) is 2. The van der Waals surface area contributed by atoms with Gasteiger partial charge in [0.15, 0.2) is 17.7 Å². The van der Waals surface area contributed by atoms with Gasteiger partial charge in [-0.3, -0.25) is 9.59 Å². The molecule has 1 aromatic rings. The first-order chi connectivity index (χ1) is 9.85. The van der Waals surface area contributed by atoms with Gasteiger partial charge in [-0.25, -0.2) is 8.78 Å². The number of likely N-dealkylation sites (N-methyl/N-ethyl adjacent to an activating group) is 1. The van der Waals surface area contributed by atoms with E-state index in [0.717, 1.165) is 12.1 Å². The zero-order valence-electron chi connectivity index (χ0n) is 12.1. The maximum Gasteiger partial charge on any atom is 0.261 e. The minimum atomic E-state index is -1.06. The fourth-order valence-electron chi connectivity index (χ4n) is 1.53. The highest BCUT2D eigenvalue weighted by Crippen LogP contribution is 2.16. The molecule has 1 aromatic carbocycles. The molecule has 0 fully saturated rings. The van der Waals surface area contributed by atoms with E-state index in [9.17, 15) is 18.4 Å². The Labute approximate surface area is 121 Å². The van der Waals surface area contributed by atoms with Crippen LogP contribution in [0.3, 0.4) is 0 Å². The number of nitrogens with one attached hydrogen (secondary N) is 2. The molecule has 2 atom stereocenters. The quantitative estimate of drug-likeness (QED) is 0.834. The van der Waals surface area contributed by atoms with Crippen molar-refractivity contribution in [2.24, 2.45) is 0 Å². The Morgan fingerprint density at radius 2 is 1.86 bits per heavy atom. The Bertz CT molecular complexity index is 523. The van der Waals surface area contributed by atoms with Crippen LogP contribution in [0.1, 0.15) is 20.8 Å². The molecule has 0 aliphatic heterocycles. The predicted octanol–water partition coefficient (Wildman–Crippen LogP) is 1.37. The summed E-state index contributed by atoms with van der Waals surface area (Å²) in [6, 6.07) is 2.27. The lowest BCUT2D eigenvalue weighted by atomic mass is 10.2. The van der Waals surface area contributed by atoms with Gasteiger partial charge in [0.1, 0.15) is 11.8 Å². The standard InChI is InChI=1S/C14H18F2N2O3/c1-4-17-13(19)8(2)18-14(20)9(3)21-10-5-6-11(15)12(16)7-10/h5-9H,4H2,1-3H3,(H,17,19)(H,18,20)/t8-,9+/m0/s1. The predicted molar refractivity (Wildman–Crippen MR) is 72.7 cm³/mol. The van der Waals surface area contributed by atoms with Crippen molar-refractivity contribution < 1.29 is 23.1 Å². The molecule has 0 aliphatic carbocycles. The highest BCUT2D eigenvalue weighted by atomic mass is 19.2. The molecule has 7 heteroatoms. The van der Waals surface area contributed by atoms with E-state index in [2.05, 4.69) is 10.6 Å². The fraction of sp³-hybridized carbons (Fsp3) is 0.429. The maximum atomic E-state index is 13.0. The zero-order valence-corrected chi connectivity index (χ0v) is 12.1. The van der Waals surface area contributed by atoms with Crippen LogP contribution in [0.25, 0.3) is 0 Å². The number of carbonyl (C=O) groups is 2. The van der Waals surface area contributed by atoms with Crippen LogP contribution in [0.4, 0.5) is 8.78 Å². The van der Waals surface area contributed by atoms with Crippen LogP contribution in [-0.2, 0) is 9.59 Å². The summed E-state index contributed by atoms with van der Waals surface area (Å²) >= 11 is 0. The summed E-state index contributed by atoms with van der Waals surface area (Å²) < 4.78 is 31.0. The average molecular weight is 300 g/mol. The van der Waals surface area contributed by atoms with Crippen LogP contribution in [0.5, 0.6) is 5.75 Å². The van der Waals surface area contributed by atoms with Crippen molar-refractivity contribution in [2.75, 3.05) is 6.54 Å². The van der Waals surface area contributed by atoms with E-state index in [1.165, 1.54) is 19.9 Å². The Morgan fingerprint density at radius 3 is 2.43 bits per heavy atom. The molecular formula is C14H18F2N2O3. The molecule has 5 nitrogen and oxygen atoms in total. The molecule has 0 heterocycles. The Balaban J connectivity index is 2.58. The monoisotopic (exact) mass is 300 g/mol. The SMILES string of the molecule is CCNC(=O)[C@H](C)NC(=O)[C@@H](C)Oc1ccc(F)c(F)c1. The molecule has 0 aromatic heterocycles. The maximum absolute atomic E-state index is 13.0. The van der Waals surface area contributed by atoms with Crippen LogP contribution in [0.2, 0.25) is 0 Å². The fourth-order valence-corrected chi connectivity index (χ4v) is 1.53. The van der Waals surface area contributed by atoms with E-state index in [1.54, 1.807) is 6.92 Å². The summed E-state index contributed by atoms with van der Waals surface area (Å²) in [4.78, 5) is 23.3. The largest absolute Gasteiger partial charge is 0.481 e. The van der Waals surface area contributed by atoms with Gasteiger partial charge in [0.2, 0.25) is 5.91 Å². The molecule has 2 N–H and O–H groups in total. The Kier molecular flexibility index (Phi) is 6.08. The molecule has 2 amide bonds. The van der Waals surface area contributed by atoms with E-state index < -0.39 is 29.7 Å². The van der Waals surface area contributed by atoms with Crippen LogP contribution < -0.4 is 15.4 Å². The first kappa shape index (κ1) is 16.9. The number of amides is 2. The molecule has 0 saturated heterocycles. The van der Waals surface area contributed by atoms with Gasteiger partial charge < -0.3 is 15.4 Å². The smallest absolute Gasteiger partial charge is 0.261 e. The van der Waals surface area contributed by atoms with Crippen LogP contribution >= 0.6 is 0 Å². The van der Waals surface area contributed by atoms with Crippen LogP contribution in [0, 0.1) is 11.6 Å². The first-order valence-corrected chi connectivity index (χ1v) is 6.55. The topological polar surface area (TPSA) is 67.4 Å². The highest BCUT2D eigenvalue weighted by molar-refractivity contribution is 5.88. The van der Waals surface area contributed by atoms with E-state index >= 15 is 0 Å². The second kappa shape index (κ2) is 7.56. The van der Waals surface area contributed by atoms with E-state index in [-0.39, 0.29) is 11.7 Å². The van der Waals surface area contributed by atoms with Crippen molar-refractivity contribution in [1.29, 1.82) is 0 Å². The third kappa shape index (κ3) is 5.02. The molecule has 0 saturated carbocycles. The number of ether oxygens (including phenoxy) is 1. The summed E-state index contributed by atoms with van der Waals surface area (Å²) in [5, 5.41) is 5.03. The molecular weight excluding hydrogens is 282 g/mol. The second-order valence-corrected chi connectivity index (χ2v) is 4.46. The minimum Gasteiger partial charge on any atom is -0.481 e. The third-order valence-electron chi connectivity index (χ3n) is 2.68. The van der Waals surface area contributed by atoms with Crippen molar-refractivity contribution in [3.63, 3.8) is 0 Å². The van der Waals surface area contributed by atoms with Crippen molar-refractivity contribution in [1.82, 2.24) is 10.6 Å². The normalized spacial score (nSPS) is 13.2. The van der Waals surface area contributed by atoms with Gasteiger partial charge in [0.05, 0.1) is 0 Å². The van der Waals surface area contributed by atoms with Gasteiger partial charge in [0.25, 0.3) is 5.91 Å². The average Bonchev–Trinajstić information content (AvgIpc) is 2.43. The number of benzene rings is 1. The number of hydrogen-bond acceptors (Lipinski definition) is 3. The van der Waals surface area contributed by atoms with E-state index in [1.807, 2.05) is 0 Å². The van der Waals surface area contributed by atoms with Crippen LogP contribution in [0.15, 0.2) is 18.2 Å². The lowest BCUT2D eigenvalue weighted by Crippen LogP contribution is -2.48. The van der Waals surface area contributed by atoms with Crippen molar-refractivity contribution in [2.45, 2.75) is 32.9 Å². The minimum absolute atomic E-state index is 0.0298. The summed E-state index contributed by atoms with van der Waals surface area (Å²) in [5.41, 5.74) is 0. The van der Waals surface area contributed by atoms with Gasteiger partial charge in [-0.2, -0.15) is 0 Å². The van der Waals surface area contributed by atoms with Crippen molar-refractivity contribution >= 4 is 11.8 Å². The lowest BCUT2D eigenvalue weighted by molar-refractivity contribution is -0.132.